The number of nitrogens with one attached hydrogen (secondary N) is 1. The maximum atomic E-state index is 13.9. The Kier molecular flexibility index (Phi) is 9.37. The molecule has 0 fully saturated rings. The molecule has 9 nitrogen and oxygen atoms in total. The Morgan fingerprint density at radius 2 is 1.66 bits per heavy atom. The molecular weight excluding hydrogens is 518 g/mol. The van der Waals surface area contributed by atoms with Crippen LogP contribution >= 0.6 is 0 Å². The van der Waals surface area contributed by atoms with Gasteiger partial charge in [0.1, 0.15) is 5.82 Å². The number of aromatic nitrogens is 4. The van der Waals surface area contributed by atoms with Crippen molar-refractivity contribution in [1.29, 1.82) is 0 Å². The summed E-state index contributed by atoms with van der Waals surface area (Å²) in [5, 5.41) is 3.84. The van der Waals surface area contributed by atoms with Crippen molar-refractivity contribution in [1.82, 2.24) is 24.6 Å². The Balaban J connectivity index is 1.68. The first-order valence-corrected chi connectivity index (χ1v) is 14.3. The summed E-state index contributed by atoms with van der Waals surface area (Å²) in [5.41, 5.74) is 4.43. The summed E-state index contributed by atoms with van der Waals surface area (Å²) in [4.78, 5) is 47.9. The van der Waals surface area contributed by atoms with E-state index in [0.29, 0.717) is 30.0 Å². The van der Waals surface area contributed by atoms with E-state index in [0.717, 1.165) is 40.9 Å². The zero-order valence-corrected chi connectivity index (χ0v) is 24.7. The van der Waals surface area contributed by atoms with Crippen LogP contribution < -0.4 is 11.3 Å². The smallest absolute Gasteiger partial charge is 0.338 e. The fourth-order valence-electron chi connectivity index (χ4n) is 5.32. The molecule has 216 valence electrons. The van der Waals surface area contributed by atoms with Crippen LogP contribution in [0, 0.1) is 6.92 Å². The number of rotatable bonds is 11. The number of aromatic amines is 1. The molecule has 2 aromatic heterocycles. The lowest BCUT2D eigenvalue weighted by molar-refractivity contribution is -0.134. The van der Waals surface area contributed by atoms with Gasteiger partial charge in [0.2, 0.25) is 5.91 Å². The van der Waals surface area contributed by atoms with E-state index in [1.807, 2.05) is 88.0 Å². The summed E-state index contributed by atoms with van der Waals surface area (Å²) in [7, 11) is 0. The first kappa shape index (κ1) is 29.7. The van der Waals surface area contributed by atoms with Crippen LogP contribution in [0.2, 0.25) is 0 Å². The average Bonchev–Trinajstić information content (AvgIpc) is 3.37. The fourth-order valence-corrected chi connectivity index (χ4v) is 5.32. The second kappa shape index (κ2) is 12.9. The number of amides is 1. The number of hydrogen-bond donors (Lipinski definition) is 1. The maximum Gasteiger partial charge on any atom is 0.439 e. The highest BCUT2D eigenvalue weighted by molar-refractivity contribution is 5.80. The van der Waals surface area contributed by atoms with E-state index in [2.05, 4.69) is 17.1 Å². The lowest BCUT2D eigenvalue weighted by Crippen LogP contribution is -2.44. The second-order valence-electron chi connectivity index (χ2n) is 10.9. The van der Waals surface area contributed by atoms with Gasteiger partial charge in [-0.2, -0.15) is 0 Å². The zero-order chi connectivity index (χ0) is 29.7. The first-order valence-electron chi connectivity index (χ1n) is 14.3. The van der Waals surface area contributed by atoms with Crippen molar-refractivity contribution in [3.63, 3.8) is 0 Å². The summed E-state index contributed by atoms with van der Waals surface area (Å²) in [6, 6.07) is 15.6. The second-order valence-corrected chi connectivity index (χ2v) is 10.9. The van der Waals surface area contributed by atoms with Crippen molar-refractivity contribution in [2.24, 2.45) is 0 Å². The number of unbranched alkanes of at least 4 members (excludes halogenated alkanes) is 1. The Labute approximate surface area is 240 Å². The van der Waals surface area contributed by atoms with Gasteiger partial charge in [0.05, 0.1) is 13.0 Å². The molecule has 0 saturated heterocycles. The van der Waals surface area contributed by atoms with E-state index in [4.69, 9.17) is 9.51 Å². The van der Waals surface area contributed by atoms with Gasteiger partial charge < -0.3 is 4.90 Å². The normalized spacial score (nSPS) is 11.4. The third-order valence-corrected chi connectivity index (χ3v) is 7.26. The molecule has 0 spiro atoms. The molecule has 2 aromatic carbocycles. The number of nitrogens with zero attached hydrogens (tertiary/aromatic N) is 4. The zero-order valence-electron chi connectivity index (χ0n) is 24.7. The SMILES string of the molecule is CCCCc1nc(C)c(CC(=O)N(C(C)C)C(C)C)c(=O)n1Cc1ccc(-c2ccccc2-c2noc(=O)[nH]2)cc1. The highest BCUT2D eigenvalue weighted by Crippen LogP contribution is 2.30. The number of carbonyl (C=O) groups excluding carboxylic acids is 1. The van der Waals surface area contributed by atoms with E-state index < -0.39 is 5.76 Å². The van der Waals surface area contributed by atoms with Crippen molar-refractivity contribution in [3.05, 3.63) is 92.1 Å². The largest absolute Gasteiger partial charge is 0.439 e. The van der Waals surface area contributed by atoms with E-state index in [1.54, 1.807) is 4.57 Å². The molecule has 4 rings (SSSR count). The summed E-state index contributed by atoms with van der Waals surface area (Å²) in [5.74, 6) is 0.423. The van der Waals surface area contributed by atoms with E-state index in [1.165, 1.54) is 0 Å². The summed E-state index contributed by atoms with van der Waals surface area (Å²) in [6.07, 6.45) is 2.62. The minimum atomic E-state index is -0.608. The highest BCUT2D eigenvalue weighted by Gasteiger charge is 2.24. The van der Waals surface area contributed by atoms with Crippen LogP contribution in [0.1, 0.15) is 70.1 Å². The standard InChI is InChI=1S/C32H39N5O4/c1-7-8-13-28-33-22(6)27(18-29(38)37(20(2)3)21(4)5)31(39)36(28)19-23-14-16-24(17-15-23)25-11-9-10-12-26(25)30-34-32(40)41-35-30/h9-12,14-17,20-21H,7-8,13,18-19H2,1-6H3,(H,34,35,40). The van der Waals surface area contributed by atoms with Gasteiger partial charge in [0.25, 0.3) is 5.56 Å². The molecule has 9 heteroatoms. The van der Waals surface area contributed by atoms with Crippen LogP contribution in [0.15, 0.2) is 62.6 Å². The van der Waals surface area contributed by atoms with Crippen LogP contribution in [0.25, 0.3) is 22.5 Å². The summed E-state index contributed by atoms with van der Waals surface area (Å²) >= 11 is 0. The number of H-pyrrole nitrogens is 1. The highest BCUT2D eigenvalue weighted by atomic mass is 16.5. The topological polar surface area (TPSA) is 114 Å². The van der Waals surface area contributed by atoms with E-state index in [-0.39, 0.29) is 30.0 Å². The molecule has 0 aliphatic carbocycles. The van der Waals surface area contributed by atoms with E-state index in [9.17, 15) is 14.4 Å². The quantitative estimate of drug-likeness (QED) is 0.273. The average molecular weight is 558 g/mol. The Bertz CT molecular complexity index is 1600. The van der Waals surface area contributed by atoms with Crippen molar-refractivity contribution < 1.29 is 9.32 Å². The maximum absolute atomic E-state index is 13.9. The van der Waals surface area contributed by atoms with Gasteiger partial charge in [-0.25, -0.2) is 9.78 Å². The number of benzene rings is 2. The number of hydrogen-bond acceptors (Lipinski definition) is 6. The molecule has 0 unspecified atom stereocenters. The molecule has 0 radical (unpaired) electrons. The molecule has 0 aliphatic heterocycles. The van der Waals surface area contributed by atoms with Crippen LogP contribution in [-0.2, 0) is 24.2 Å². The van der Waals surface area contributed by atoms with Crippen molar-refractivity contribution in [2.45, 2.75) is 85.9 Å². The Morgan fingerprint density at radius 3 is 2.24 bits per heavy atom. The molecule has 4 aromatic rings. The van der Waals surface area contributed by atoms with Gasteiger partial charge in [-0.1, -0.05) is 67.0 Å². The molecular formula is C32H39N5O4. The predicted molar refractivity (Wildman–Crippen MR) is 160 cm³/mol. The minimum absolute atomic E-state index is 0.0297. The predicted octanol–water partition coefficient (Wildman–Crippen LogP) is 5.14. The summed E-state index contributed by atoms with van der Waals surface area (Å²) in [6.45, 7) is 12.2. The van der Waals surface area contributed by atoms with Gasteiger partial charge in [0, 0.05) is 35.3 Å². The third-order valence-electron chi connectivity index (χ3n) is 7.26. The van der Waals surface area contributed by atoms with Crippen LogP contribution in [-0.4, -0.2) is 42.6 Å². The third kappa shape index (κ3) is 6.73. The van der Waals surface area contributed by atoms with Gasteiger partial charge in [-0.15, -0.1) is 0 Å². The van der Waals surface area contributed by atoms with Crippen molar-refractivity contribution >= 4 is 5.91 Å². The fraction of sp³-hybridized carbons (Fsp3) is 0.406. The molecule has 0 aliphatic rings. The van der Waals surface area contributed by atoms with Crippen LogP contribution in [0.5, 0.6) is 0 Å². The lowest BCUT2D eigenvalue weighted by Gasteiger charge is -2.31. The Morgan fingerprint density at radius 1 is 1.00 bits per heavy atom. The molecule has 0 atom stereocenters. The minimum Gasteiger partial charge on any atom is -0.338 e. The Hall–Kier alpha value is -4.27. The first-order chi connectivity index (χ1) is 19.6. The van der Waals surface area contributed by atoms with Gasteiger partial charge in [-0.3, -0.25) is 23.7 Å². The molecule has 2 heterocycles. The molecule has 0 bridgehead atoms. The van der Waals surface area contributed by atoms with Gasteiger partial charge in [0.15, 0.2) is 5.82 Å². The van der Waals surface area contributed by atoms with Crippen LogP contribution in [0.4, 0.5) is 0 Å². The van der Waals surface area contributed by atoms with Crippen molar-refractivity contribution in [3.8, 4) is 22.5 Å². The number of carbonyl (C=O) groups is 1. The van der Waals surface area contributed by atoms with E-state index >= 15 is 0 Å². The molecule has 41 heavy (non-hydrogen) atoms. The summed E-state index contributed by atoms with van der Waals surface area (Å²) < 4.78 is 6.43. The van der Waals surface area contributed by atoms with Gasteiger partial charge >= 0.3 is 5.76 Å². The monoisotopic (exact) mass is 557 g/mol. The van der Waals surface area contributed by atoms with Crippen molar-refractivity contribution in [2.75, 3.05) is 0 Å². The molecule has 1 amide bonds. The molecule has 1 N–H and O–H groups in total. The van der Waals surface area contributed by atoms with Crippen LogP contribution in [0.3, 0.4) is 0 Å². The number of aryl methyl sites for hydroxylation is 2. The molecule has 0 saturated carbocycles. The van der Waals surface area contributed by atoms with Gasteiger partial charge in [-0.05, 0) is 57.7 Å². The lowest BCUT2D eigenvalue weighted by atomic mass is 9.98.